The Morgan fingerprint density at radius 3 is 2.00 bits per heavy atom. The van der Waals surface area contributed by atoms with Crippen molar-refractivity contribution in [2.75, 3.05) is 6.61 Å². The first kappa shape index (κ1) is 23.2. The van der Waals surface area contributed by atoms with E-state index in [1.165, 1.54) is 12.8 Å². The first-order valence-corrected chi connectivity index (χ1v) is 12.5. The van der Waals surface area contributed by atoms with Crippen molar-refractivity contribution in [1.29, 1.82) is 0 Å². The van der Waals surface area contributed by atoms with Crippen LogP contribution in [0.1, 0.15) is 96.8 Å². The Morgan fingerprint density at radius 1 is 0.871 bits per heavy atom. The number of carbonyl (C=O) groups excluding carboxylic acids is 1. The van der Waals surface area contributed by atoms with Gasteiger partial charge >= 0.3 is 5.97 Å². The van der Waals surface area contributed by atoms with Crippen molar-refractivity contribution in [3.8, 4) is 0 Å². The number of esters is 1. The van der Waals surface area contributed by atoms with E-state index in [0.29, 0.717) is 19.4 Å². The minimum absolute atomic E-state index is 0.0143. The van der Waals surface area contributed by atoms with Gasteiger partial charge in [0, 0.05) is 44.9 Å². The molecule has 4 unspecified atom stereocenters. The first-order chi connectivity index (χ1) is 15.0. The van der Waals surface area contributed by atoms with Crippen molar-refractivity contribution < 1.29 is 28.5 Å². The zero-order chi connectivity index (χ0) is 21.7. The van der Waals surface area contributed by atoms with Crippen LogP contribution < -0.4 is 0 Å². The maximum absolute atomic E-state index is 12.2. The lowest BCUT2D eigenvalue weighted by Crippen LogP contribution is -2.53. The van der Waals surface area contributed by atoms with Gasteiger partial charge in [0.2, 0.25) is 0 Å². The average Bonchev–Trinajstić information content (AvgIpc) is 2.74. The van der Waals surface area contributed by atoms with Gasteiger partial charge in [-0.3, -0.25) is 4.79 Å². The van der Waals surface area contributed by atoms with Crippen LogP contribution in [0, 0.1) is 0 Å². The van der Waals surface area contributed by atoms with Crippen LogP contribution in [0.2, 0.25) is 0 Å². The van der Waals surface area contributed by atoms with Crippen LogP contribution in [0.15, 0.2) is 12.7 Å². The highest BCUT2D eigenvalue weighted by Gasteiger charge is 2.47. The standard InChI is InChI=1S/C25H40O6/c1-3-19-15-20(29-24(28-19)11-7-5-8-12-24)16-21-17-22(18-23(26)27-4-2)31-25(30-21)13-9-6-10-14-25/h3,19-22H,1,4-18H2,2H3. The number of hydrogen-bond donors (Lipinski definition) is 0. The van der Waals surface area contributed by atoms with Crippen molar-refractivity contribution in [3.05, 3.63) is 12.7 Å². The molecule has 4 atom stereocenters. The lowest BCUT2D eigenvalue weighted by atomic mass is 9.89. The number of hydrogen-bond acceptors (Lipinski definition) is 6. The van der Waals surface area contributed by atoms with Gasteiger partial charge in [0.1, 0.15) is 0 Å². The molecule has 4 aliphatic rings. The summed E-state index contributed by atoms with van der Waals surface area (Å²) < 4.78 is 31.1. The molecule has 2 aliphatic carbocycles. The van der Waals surface area contributed by atoms with Gasteiger partial charge in [0.25, 0.3) is 0 Å². The van der Waals surface area contributed by atoms with Crippen molar-refractivity contribution >= 4 is 5.97 Å². The summed E-state index contributed by atoms with van der Waals surface area (Å²) in [4.78, 5) is 12.2. The second-order valence-electron chi connectivity index (χ2n) is 9.77. The summed E-state index contributed by atoms with van der Waals surface area (Å²) in [5, 5.41) is 0. The van der Waals surface area contributed by atoms with Crippen molar-refractivity contribution in [1.82, 2.24) is 0 Å². The van der Waals surface area contributed by atoms with Crippen LogP contribution >= 0.6 is 0 Å². The molecule has 0 aromatic heterocycles. The quantitative estimate of drug-likeness (QED) is 0.422. The van der Waals surface area contributed by atoms with Crippen molar-refractivity contribution in [2.45, 2.75) is 133 Å². The van der Waals surface area contributed by atoms with Crippen LogP contribution in [-0.2, 0) is 28.5 Å². The maximum atomic E-state index is 12.2. The maximum Gasteiger partial charge on any atom is 0.308 e. The van der Waals surface area contributed by atoms with E-state index in [4.69, 9.17) is 23.7 Å². The zero-order valence-corrected chi connectivity index (χ0v) is 19.1. The first-order valence-electron chi connectivity index (χ1n) is 12.5. The monoisotopic (exact) mass is 436 g/mol. The summed E-state index contributed by atoms with van der Waals surface area (Å²) in [5.74, 6) is -1.20. The van der Waals surface area contributed by atoms with E-state index in [1.807, 2.05) is 13.0 Å². The Labute approximate surface area is 187 Å². The molecule has 2 aliphatic heterocycles. The molecule has 2 saturated heterocycles. The molecule has 2 saturated carbocycles. The number of rotatable bonds is 6. The van der Waals surface area contributed by atoms with Gasteiger partial charge < -0.3 is 23.7 Å². The van der Waals surface area contributed by atoms with Gasteiger partial charge in [0.05, 0.1) is 37.4 Å². The molecule has 0 N–H and O–H groups in total. The highest BCUT2D eigenvalue weighted by Crippen LogP contribution is 2.44. The Balaban J connectivity index is 1.44. The fourth-order valence-corrected chi connectivity index (χ4v) is 5.90. The third kappa shape index (κ3) is 5.89. The summed E-state index contributed by atoms with van der Waals surface area (Å²) >= 11 is 0. The van der Waals surface area contributed by atoms with E-state index in [-0.39, 0.29) is 30.4 Å². The van der Waals surface area contributed by atoms with E-state index in [9.17, 15) is 4.79 Å². The van der Waals surface area contributed by atoms with Gasteiger partial charge in [-0.1, -0.05) is 18.9 Å². The normalized spacial score (nSPS) is 35.0. The fraction of sp³-hybridized carbons (Fsp3) is 0.880. The van der Waals surface area contributed by atoms with Crippen molar-refractivity contribution in [3.63, 3.8) is 0 Å². The summed E-state index contributed by atoms with van der Waals surface area (Å²) in [5.41, 5.74) is 0. The molecule has 4 rings (SSSR count). The molecule has 2 spiro atoms. The Morgan fingerprint density at radius 2 is 1.42 bits per heavy atom. The van der Waals surface area contributed by atoms with Crippen LogP contribution in [0.5, 0.6) is 0 Å². The largest absolute Gasteiger partial charge is 0.466 e. The molecular formula is C25H40O6. The minimum atomic E-state index is -0.552. The smallest absolute Gasteiger partial charge is 0.308 e. The van der Waals surface area contributed by atoms with E-state index in [1.54, 1.807) is 0 Å². The predicted molar refractivity (Wildman–Crippen MR) is 116 cm³/mol. The highest BCUT2D eigenvalue weighted by molar-refractivity contribution is 5.69. The van der Waals surface area contributed by atoms with Crippen LogP contribution in [0.25, 0.3) is 0 Å². The molecule has 6 nitrogen and oxygen atoms in total. The lowest BCUT2D eigenvalue weighted by Gasteiger charge is -2.49. The summed E-state index contributed by atoms with van der Waals surface area (Å²) in [6.07, 6.45) is 15.2. The second kappa shape index (κ2) is 10.3. The third-order valence-corrected chi connectivity index (χ3v) is 7.25. The molecule has 0 radical (unpaired) electrons. The molecule has 4 fully saturated rings. The van der Waals surface area contributed by atoms with E-state index >= 15 is 0 Å². The molecular weight excluding hydrogens is 396 g/mol. The fourth-order valence-electron chi connectivity index (χ4n) is 5.90. The summed E-state index contributed by atoms with van der Waals surface area (Å²) in [6.45, 7) is 6.23. The number of carbonyl (C=O) groups is 1. The van der Waals surface area contributed by atoms with Crippen LogP contribution in [0.4, 0.5) is 0 Å². The van der Waals surface area contributed by atoms with Gasteiger partial charge in [-0.2, -0.15) is 0 Å². The molecule has 0 bridgehead atoms. The highest BCUT2D eigenvalue weighted by atomic mass is 16.7. The predicted octanol–water partition coefficient (Wildman–Crippen LogP) is 5.18. The molecule has 6 heteroatoms. The molecule has 0 aromatic rings. The Bertz CT molecular complexity index is 607. The van der Waals surface area contributed by atoms with E-state index < -0.39 is 11.6 Å². The zero-order valence-electron chi connectivity index (χ0n) is 19.1. The molecule has 0 amide bonds. The number of ether oxygens (including phenoxy) is 5. The van der Waals surface area contributed by atoms with Gasteiger partial charge in [-0.05, 0) is 32.6 Å². The molecule has 31 heavy (non-hydrogen) atoms. The third-order valence-electron chi connectivity index (χ3n) is 7.25. The minimum Gasteiger partial charge on any atom is -0.466 e. The van der Waals surface area contributed by atoms with Crippen LogP contribution in [0.3, 0.4) is 0 Å². The lowest BCUT2D eigenvalue weighted by molar-refractivity contribution is -0.348. The van der Waals surface area contributed by atoms with E-state index in [2.05, 4.69) is 6.58 Å². The van der Waals surface area contributed by atoms with E-state index in [0.717, 1.165) is 64.2 Å². The van der Waals surface area contributed by atoms with Gasteiger partial charge in [0.15, 0.2) is 11.6 Å². The SMILES string of the molecule is C=CC1CC(CC2CC(CC(=O)OCC)OC3(CCCCC3)O2)OC2(CCCCC2)O1. The molecule has 2 heterocycles. The second-order valence-corrected chi connectivity index (χ2v) is 9.77. The Hall–Kier alpha value is -0.950. The molecule has 0 aromatic carbocycles. The van der Waals surface area contributed by atoms with Gasteiger partial charge in [-0.25, -0.2) is 0 Å². The topological polar surface area (TPSA) is 63.2 Å². The van der Waals surface area contributed by atoms with Crippen molar-refractivity contribution in [2.24, 2.45) is 0 Å². The Kier molecular flexibility index (Phi) is 7.73. The molecule has 176 valence electrons. The average molecular weight is 437 g/mol. The van der Waals surface area contributed by atoms with Crippen LogP contribution in [-0.4, -0.2) is 48.6 Å². The van der Waals surface area contributed by atoms with Gasteiger partial charge in [-0.15, -0.1) is 6.58 Å². The summed E-state index contributed by atoms with van der Waals surface area (Å²) in [6, 6.07) is 0. The summed E-state index contributed by atoms with van der Waals surface area (Å²) in [7, 11) is 0.